The number of aliphatic hydroxyl groups is 1. The van der Waals surface area contributed by atoms with E-state index in [1.165, 1.54) is 18.2 Å². The molecule has 0 aliphatic rings. The highest BCUT2D eigenvalue weighted by Gasteiger charge is 2.11. The van der Waals surface area contributed by atoms with E-state index in [0.29, 0.717) is 0 Å². The summed E-state index contributed by atoms with van der Waals surface area (Å²) in [6, 6.07) is 3.92. The molecule has 0 fully saturated rings. The molecule has 0 radical (unpaired) electrons. The lowest BCUT2D eigenvalue weighted by molar-refractivity contribution is 0.198. The van der Waals surface area contributed by atoms with Crippen LogP contribution in [0, 0.1) is 0 Å². The molecule has 0 aliphatic carbocycles. The number of hydrogen-bond acceptors (Lipinski definition) is 3. The van der Waals surface area contributed by atoms with Crippen LogP contribution in [0.2, 0.25) is 0 Å². The van der Waals surface area contributed by atoms with Crippen LogP contribution in [0.3, 0.4) is 0 Å². The number of benzene rings is 1. The summed E-state index contributed by atoms with van der Waals surface area (Å²) in [6.45, 7) is 0. The van der Waals surface area contributed by atoms with E-state index in [0.717, 1.165) is 0 Å². The number of phenols is 2. The Kier molecular flexibility index (Phi) is 2.78. The van der Waals surface area contributed by atoms with E-state index in [-0.39, 0.29) is 22.9 Å². The number of halogens is 1. The van der Waals surface area contributed by atoms with Gasteiger partial charge in [-0.25, -0.2) is 0 Å². The zero-order valence-electron chi connectivity index (χ0n) is 6.24. The Bertz CT molecular complexity index is 275. The molecule has 1 aromatic carbocycles. The van der Waals surface area contributed by atoms with Crippen LogP contribution in [0.4, 0.5) is 0 Å². The molecule has 1 unspecified atom stereocenters. The smallest absolute Gasteiger partial charge is 0.121 e. The van der Waals surface area contributed by atoms with Crippen LogP contribution < -0.4 is 0 Å². The normalized spacial score (nSPS) is 12.8. The van der Waals surface area contributed by atoms with Gasteiger partial charge in [0.1, 0.15) is 11.5 Å². The first-order valence-corrected chi connectivity index (χ1v) is 3.94. The molecule has 1 rings (SSSR count). The van der Waals surface area contributed by atoms with Crippen molar-refractivity contribution in [3.05, 3.63) is 23.8 Å². The lowest BCUT2D eigenvalue weighted by Gasteiger charge is -2.08. The topological polar surface area (TPSA) is 60.7 Å². The summed E-state index contributed by atoms with van der Waals surface area (Å²) in [5, 5.41) is 27.5. The summed E-state index contributed by atoms with van der Waals surface area (Å²) in [6.07, 6.45) is -0.946. The van der Waals surface area contributed by atoms with Crippen molar-refractivity contribution in [2.45, 2.75) is 6.10 Å². The fraction of sp³-hybridized carbons (Fsp3) is 0.250. The lowest BCUT2D eigenvalue weighted by atomic mass is 10.1. The maximum absolute atomic E-state index is 9.23. The van der Waals surface area contributed by atoms with Crippen LogP contribution >= 0.6 is 11.6 Å². The number of hydrogen-bond donors (Lipinski definition) is 3. The average molecular weight is 189 g/mol. The second-order valence-electron chi connectivity index (χ2n) is 2.41. The van der Waals surface area contributed by atoms with Crippen LogP contribution in [0.1, 0.15) is 11.7 Å². The summed E-state index contributed by atoms with van der Waals surface area (Å²) in [7, 11) is 0. The summed E-state index contributed by atoms with van der Waals surface area (Å²) < 4.78 is 0. The van der Waals surface area contributed by atoms with Gasteiger partial charge in [0.05, 0.1) is 12.0 Å². The molecule has 66 valence electrons. The highest BCUT2D eigenvalue weighted by molar-refractivity contribution is 6.18. The molecule has 3 nitrogen and oxygen atoms in total. The Morgan fingerprint density at radius 3 is 2.58 bits per heavy atom. The van der Waals surface area contributed by atoms with Crippen LogP contribution in [-0.4, -0.2) is 21.2 Å². The van der Waals surface area contributed by atoms with E-state index < -0.39 is 6.10 Å². The van der Waals surface area contributed by atoms with Crippen molar-refractivity contribution in [2.24, 2.45) is 0 Å². The van der Waals surface area contributed by atoms with E-state index in [2.05, 4.69) is 0 Å². The third-order valence-corrected chi connectivity index (χ3v) is 1.81. The number of phenolic OH excluding ortho intramolecular Hbond substituents is 2. The quantitative estimate of drug-likeness (QED) is 0.485. The second kappa shape index (κ2) is 3.65. The molecule has 0 spiro atoms. The van der Waals surface area contributed by atoms with Gasteiger partial charge in [-0.3, -0.25) is 0 Å². The van der Waals surface area contributed by atoms with Gasteiger partial charge in [0.15, 0.2) is 0 Å². The number of alkyl halides is 1. The molecule has 0 bridgehead atoms. The summed E-state index contributed by atoms with van der Waals surface area (Å²) in [4.78, 5) is 0. The Hall–Kier alpha value is -0.930. The molecule has 12 heavy (non-hydrogen) atoms. The fourth-order valence-electron chi connectivity index (χ4n) is 0.892. The average Bonchev–Trinajstić information content (AvgIpc) is 2.08. The van der Waals surface area contributed by atoms with Crippen LogP contribution in [0.5, 0.6) is 11.5 Å². The molecule has 1 aromatic rings. The van der Waals surface area contributed by atoms with Gasteiger partial charge in [0, 0.05) is 5.56 Å². The first-order chi connectivity index (χ1) is 5.65. The van der Waals surface area contributed by atoms with Gasteiger partial charge >= 0.3 is 0 Å². The molecule has 0 aliphatic heterocycles. The van der Waals surface area contributed by atoms with Gasteiger partial charge < -0.3 is 15.3 Å². The van der Waals surface area contributed by atoms with Crippen molar-refractivity contribution in [1.29, 1.82) is 0 Å². The molecular weight excluding hydrogens is 180 g/mol. The van der Waals surface area contributed by atoms with E-state index in [4.69, 9.17) is 16.7 Å². The predicted octanol–water partition coefficient (Wildman–Crippen LogP) is 1.37. The molecule has 0 heterocycles. The predicted molar refractivity (Wildman–Crippen MR) is 45.5 cm³/mol. The molecule has 0 saturated carbocycles. The second-order valence-corrected chi connectivity index (χ2v) is 2.72. The van der Waals surface area contributed by atoms with Crippen molar-refractivity contribution in [3.8, 4) is 11.5 Å². The summed E-state index contributed by atoms with van der Waals surface area (Å²) in [5.74, 6) is -0.0929. The number of rotatable bonds is 2. The van der Waals surface area contributed by atoms with Crippen LogP contribution in [0.25, 0.3) is 0 Å². The van der Waals surface area contributed by atoms with Crippen molar-refractivity contribution in [3.63, 3.8) is 0 Å². The Labute approximate surface area is 74.8 Å². The first kappa shape index (κ1) is 9.16. The van der Waals surface area contributed by atoms with Crippen molar-refractivity contribution < 1.29 is 15.3 Å². The van der Waals surface area contributed by atoms with Crippen LogP contribution in [-0.2, 0) is 0 Å². The van der Waals surface area contributed by atoms with Crippen molar-refractivity contribution >= 4 is 11.6 Å². The van der Waals surface area contributed by atoms with Gasteiger partial charge in [-0.1, -0.05) is 0 Å². The van der Waals surface area contributed by atoms with Crippen molar-refractivity contribution in [1.82, 2.24) is 0 Å². The number of aliphatic hydroxyl groups excluding tert-OH is 1. The Morgan fingerprint density at radius 2 is 2.00 bits per heavy atom. The first-order valence-electron chi connectivity index (χ1n) is 3.41. The third kappa shape index (κ3) is 1.81. The minimum absolute atomic E-state index is 0.00744. The maximum Gasteiger partial charge on any atom is 0.121 e. The maximum atomic E-state index is 9.23. The Balaban J connectivity index is 3.04. The highest BCUT2D eigenvalue weighted by atomic mass is 35.5. The molecule has 0 saturated heterocycles. The Morgan fingerprint density at radius 1 is 1.33 bits per heavy atom. The van der Waals surface area contributed by atoms with Gasteiger partial charge in [0.25, 0.3) is 0 Å². The zero-order valence-corrected chi connectivity index (χ0v) is 6.99. The SMILES string of the molecule is Oc1ccc(O)c(C(O)CCl)c1. The molecule has 1 atom stereocenters. The van der Waals surface area contributed by atoms with Gasteiger partial charge in [0.2, 0.25) is 0 Å². The van der Waals surface area contributed by atoms with Crippen molar-refractivity contribution in [2.75, 3.05) is 5.88 Å². The standard InChI is InChI=1S/C8H9ClO3/c9-4-8(12)6-3-5(10)1-2-7(6)11/h1-3,8,10-12H,4H2. The summed E-state index contributed by atoms with van der Waals surface area (Å²) >= 11 is 5.37. The number of aromatic hydroxyl groups is 2. The lowest BCUT2D eigenvalue weighted by Crippen LogP contribution is -1.98. The molecule has 3 N–H and O–H groups in total. The van der Waals surface area contributed by atoms with E-state index in [1.807, 2.05) is 0 Å². The van der Waals surface area contributed by atoms with Gasteiger partial charge in [-0.15, -0.1) is 11.6 Å². The molecule has 0 aromatic heterocycles. The monoisotopic (exact) mass is 188 g/mol. The van der Waals surface area contributed by atoms with E-state index in [1.54, 1.807) is 0 Å². The fourth-order valence-corrected chi connectivity index (χ4v) is 1.06. The zero-order chi connectivity index (χ0) is 9.14. The minimum atomic E-state index is -0.946. The van der Waals surface area contributed by atoms with E-state index >= 15 is 0 Å². The minimum Gasteiger partial charge on any atom is -0.508 e. The van der Waals surface area contributed by atoms with E-state index in [9.17, 15) is 10.2 Å². The molecular formula is C8H9ClO3. The molecule has 0 amide bonds. The highest BCUT2D eigenvalue weighted by Crippen LogP contribution is 2.28. The van der Waals surface area contributed by atoms with Gasteiger partial charge in [-0.2, -0.15) is 0 Å². The van der Waals surface area contributed by atoms with Gasteiger partial charge in [-0.05, 0) is 18.2 Å². The summed E-state index contributed by atoms with van der Waals surface area (Å²) in [5.41, 5.74) is 0.241. The van der Waals surface area contributed by atoms with Crippen LogP contribution in [0.15, 0.2) is 18.2 Å². The third-order valence-electron chi connectivity index (χ3n) is 1.52. The largest absolute Gasteiger partial charge is 0.508 e. The molecule has 4 heteroatoms.